The van der Waals surface area contributed by atoms with E-state index in [1.54, 1.807) is 4.52 Å². The van der Waals surface area contributed by atoms with Crippen molar-refractivity contribution in [1.82, 2.24) is 14.6 Å². The van der Waals surface area contributed by atoms with Crippen LogP contribution in [-0.2, 0) is 0 Å². The summed E-state index contributed by atoms with van der Waals surface area (Å²) in [4.78, 5) is 4.41. The van der Waals surface area contributed by atoms with Crippen LogP contribution in [-0.4, -0.2) is 32.1 Å². The number of nitrogens with one attached hydrogen (secondary N) is 1. The summed E-state index contributed by atoms with van der Waals surface area (Å²) in [6.07, 6.45) is 6.68. The van der Waals surface area contributed by atoms with Gasteiger partial charge in [-0.25, -0.2) is 4.52 Å². The summed E-state index contributed by atoms with van der Waals surface area (Å²) < 4.78 is 2.23. The van der Waals surface area contributed by atoms with Crippen molar-refractivity contribution in [3.05, 3.63) is 24.4 Å². The average Bonchev–Trinajstić information content (AvgIpc) is 2.98. The van der Waals surface area contributed by atoms with Crippen molar-refractivity contribution in [2.75, 3.05) is 18.1 Å². The second kappa shape index (κ2) is 3.66. The molecule has 2 heterocycles. The van der Waals surface area contributed by atoms with Crippen LogP contribution in [0.1, 0.15) is 12.8 Å². The summed E-state index contributed by atoms with van der Waals surface area (Å²) >= 11 is 1.94. The van der Waals surface area contributed by atoms with Crippen molar-refractivity contribution in [2.24, 2.45) is 0 Å². The SMILES string of the molecule is CSC1(CNc2nc3ccccn3n2)CC1. The molecule has 0 unspecified atom stereocenters. The second-order valence-corrected chi connectivity index (χ2v) is 5.45. The Hall–Kier alpha value is -1.23. The maximum atomic E-state index is 4.41. The Morgan fingerprint density at radius 1 is 1.50 bits per heavy atom. The van der Waals surface area contributed by atoms with E-state index in [0.717, 1.165) is 18.1 Å². The summed E-state index contributed by atoms with van der Waals surface area (Å²) in [5.74, 6) is 0.728. The average molecular weight is 234 g/mol. The van der Waals surface area contributed by atoms with Gasteiger partial charge in [-0.15, -0.1) is 5.10 Å². The van der Waals surface area contributed by atoms with Gasteiger partial charge >= 0.3 is 0 Å². The van der Waals surface area contributed by atoms with Gasteiger partial charge in [-0.3, -0.25) is 0 Å². The quantitative estimate of drug-likeness (QED) is 0.879. The summed E-state index contributed by atoms with van der Waals surface area (Å²) in [5.41, 5.74) is 0.888. The topological polar surface area (TPSA) is 42.2 Å². The fourth-order valence-corrected chi connectivity index (χ4v) is 2.47. The van der Waals surface area contributed by atoms with E-state index in [1.807, 2.05) is 36.2 Å². The number of anilines is 1. The summed E-state index contributed by atoms with van der Waals surface area (Å²) in [6.45, 7) is 0.963. The van der Waals surface area contributed by atoms with Gasteiger partial charge in [-0.1, -0.05) is 6.07 Å². The van der Waals surface area contributed by atoms with Crippen LogP contribution in [0.15, 0.2) is 24.4 Å². The molecule has 3 rings (SSSR count). The van der Waals surface area contributed by atoms with Gasteiger partial charge < -0.3 is 5.32 Å². The molecule has 0 spiro atoms. The molecule has 0 aromatic carbocycles. The molecule has 0 atom stereocenters. The molecule has 1 aliphatic rings. The fourth-order valence-electron chi connectivity index (χ4n) is 1.74. The molecule has 2 aromatic heterocycles. The van der Waals surface area contributed by atoms with E-state index in [2.05, 4.69) is 21.7 Å². The Balaban J connectivity index is 1.74. The molecule has 1 fully saturated rings. The molecule has 0 bridgehead atoms. The van der Waals surface area contributed by atoms with E-state index in [1.165, 1.54) is 12.8 Å². The molecule has 0 aliphatic heterocycles. The zero-order valence-corrected chi connectivity index (χ0v) is 10.00. The fraction of sp³-hybridized carbons (Fsp3) is 0.455. The van der Waals surface area contributed by atoms with Crippen molar-refractivity contribution in [3.8, 4) is 0 Å². The minimum atomic E-state index is 0.442. The Bertz CT molecular complexity index is 470. The van der Waals surface area contributed by atoms with Gasteiger partial charge in [0.1, 0.15) is 0 Å². The number of rotatable bonds is 4. The van der Waals surface area contributed by atoms with E-state index in [4.69, 9.17) is 0 Å². The predicted octanol–water partition coefficient (Wildman–Crippen LogP) is 2.04. The van der Waals surface area contributed by atoms with Crippen LogP contribution in [0.3, 0.4) is 0 Å². The Labute approximate surface area is 98.4 Å². The predicted molar refractivity (Wildman–Crippen MR) is 67.0 cm³/mol. The third-order valence-corrected chi connectivity index (χ3v) is 4.47. The standard InChI is InChI=1S/C11H14N4S/c1-16-11(5-6-11)8-12-10-13-9-4-2-3-7-15(9)14-10/h2-4,7H,5-6,8H2,1H3,(H,12,14). The van der Waals surface area contributed by atoms with Gasteiger partial charge in [0.25, 0.3) is 0 Å². The van der Waals surface area contributed by atoms with Gasteiger partial charge in [0.05, 0.1) is 0 Å². The normalized spacial score (nSPS) is 17.6. The van der Waals surface area contributed by atoms with Gasteiger partial charge in [0.15, 0.2) is 5.65 Å². The van der Waals surface area contributed by atoms with Crippen molar-refractivity contribution < 1.29 is 0 Å². The van der Waals surface area contributed by atoms with Crippen molar-refractivity contribution in [3.63, 3.8) is 0 Å². The first kappa shape index (κ1) is 9.96. The van der Waals surface area contributed by atoms with E-state index < -0.39 is 0 Å². The molecule has 84 valence electrons. The Kier molecular flexibility index (Phi) is 2.28. The highest BCUT2D eigenvalue weighted by molar-refractivity contribution is 8.00. The molecule has 1 N–H and O–H groups in total. The molecule has 1 saturated carbocycles. The molecule has 4 nitrogen and oxygen atoms in total. The molecule has 2 aromatic rings. The first-order valence-corrected chi connectivity index (χ1v) is 6.64. The third kappa shape index (κ3) is 1.75. The molecule has 0 radical (unpaired) electrons. The highest BCUT2D eigenvalue weighted by Crippen LogP contribution is 2.46. The van der Waals surface area contributed by atoms with Crippen LogP contribution >= 0.6 is 11.8 Å². The van der Waals surface area contributed by atoms with Gasteiger partial charge in [-0.2, -0.15) is 16.7 Å². The van der Waals surface area contributed by atoms with E-state index >= 15 is 0 Å². The summed E-state index contributed by atoms with van der Waals surface area (Å²) in [5, 5.41) is 7.69. The maximum Gasteiger partial charge on any atom is 0.243 e. The van der Waals surface area contributed by atoms with Crippen LogP contribution in [0.5, 0.6) is 0 Å². The number of aromatic nitrogens is 3. The minimum absolute atomic E-state index is 0.442. The van der Waals surface area contributed by atoms with Crippen LogP contribution in [0.2, 0.25) is 0 Å². The Morgan fingerprint density at radius 3 is 3.06 bits per heavy atom. The number of hydrogen-bond acceptors (Lipinski definition) is 4. The van der Waals surface area contributed by atoms with Crippen LogP contribution in [0.4, 0.5) is 5.95 Å². The molecular formula is C11H14N4S. The first-order chi connectivity index (χ1) is 7.81. The highest BCUT2D eigenvalue weighted by Gasteiger charge is 2.41. The second-order valence-electron chi connectivity index (χ2n) is 4.18. The smallest absolute Gasteiger partial charge is 0.243 e. The molecule has 1 aliphatic carbocycles. The largest absolute Gasteiger partial charge is 0.352 e. The van der Waals surface area contributed by atoms with Crippen LogP contribution < -0.4 is 5.32 Å². The number of hydrogen-bond donors (Lipinski definition) is 1. The summed E-state index contributed by atoms with van der Waals surface area (Å²) in [6, 6.07) is 5.88. The number of pyridine rings is 1. The van der Waals surface area contributed by atoms with Gasteiger partial charge in [0.2, 0.25) is 5.95 Å². The van der Waals surface area contributed by atoms with Crippen molar-refractivity contribution >= 4 is 23.4 Å². The molecule has 5 heteroatoms. The zero-order valence-electron chi connectivity index (χ0n) is 9.18. The molecule has 16 heavy (non-hydrogen) atoms. The van der Waals surface area contributed by atoms with E-state index in [9.17, 15) is 0 Å². The lowest BCUT2D eigenvalue weighted by atomic mass is 10.4. The lowest BCUT2D eigenvalue weighted by molar-refractivity contribution is 0.909. The first-order valence-electron chi connectivity index (χ1n) is 5.42. The number of nitrogens with zero attached hydrogens (tertiary/aromatic N) is 3. The Morgan fingerprint density at radius 2 is 2.38 bits per heavy atom. The maximum absolute atomic E-state index is 4.41. The van der Waals surface area contributed by atoms with Gasteiger partial charge in [0, 0.05) is 17.5 Å². The van der Waals surface area contributed by atoms with E-state index in [-0.39, 0.29) is 0 Å². The van der Waals surface area contributed by atoms with Crippen LogP contribution in [0, 0.1) is 0 Å². The van der Waals surface area contributed by atoms with Crippen molar-refractivity contribution in [1.29, 1.82) is 0 Å². The third-order valence-electron chi connectivity index (χ3n) is 3.05. The molecule has 0 saturated heterocycles. The van der Waals surface area contributed by atoms with Gasteiger partial charge in [-0.05, 0) is 31.2 Å². The van der Waals surface area contributed by atoms with Crippen LogP contribution in [0.25, 0.3) is 5.65 Å². The number of thioether (sulfide) groups is 1. The highest BCUT2D eigenvalue weighted by atomic mass is 32.2. The van der Waals surface area contributed by atoms with E-state index in [0.29, 0.717) is 4.75 Å². The molecule has 0 amide bonds. The lowest BCUT2D eigenvalue weighted by Crippen LogP contribution is -2.18. The molecular weight excluding hydrogens is 220 g/mol. The number of fused-ring (bicyclic) bond motifs is 1. The van der Waals surface area contributed by atoms with Crippen molar-refractivity contribution in [2.45, 2.75) is 17.6 Å². The minimum Gasteiger partial charge on any atom is -0.352 e. The lowest BCUT2D eigenvalue weighted by Gasteiger charge is -2.10. The zero-order chi connectivity index (χ0) is 11.0. The summed E-state index contributed by atoms with van der Waals surface area (Å²) in [7, 11) is 0. The monoisotopic (exact) mass is 234 g/mol.